The Hall–Kier alpha value is -2.49. The fraction of sp³-hybridized carbons (Fsp3) is 0.409. The van der Waals surface area contributed by atoms with Crippen LogP contribution in [0.5, 0.6) is 0 Å². The lowest BCUT2D eigenvalue weighted by Crippen LogP contribution is -2.27. The van der Waals surface area contributed by atoms with E-state index in [-0.39, 0.29) is 5.41 Å². The summed E-state index contributed by atoms with van der Waals surface area (Å²) in [5, 5.41) is 9.22. The Morgan fingerprint density at radius 1 is 1.00 bits per heavy atom. The van der Waals surface area contributed by atoms with E-state index in [0.29, 0.717) is 0 Å². The van der Waals surface area contributed by atoms with Crippen LogP contribution in [-0.4, -0.2) is 19.7 Å². The summed E-state index contributed by atoms with van der Waals surface area (Å²) in [6, 6.07) is 16.7. The van der Waals surface area contributed by atoms with Gasteiger partial charge in [0.05, 0.1) is 11.1 Å². The van der Waals surface area contributed by atoms with Crippen LogP contribution in [0, 0.1) is 5.92 Å². The molecule has 0 unspecified atom stereocenters. The smallest absolute Gasteiger partial charge is 0.144 e. The highest BCUT2D eigenvalue weighted by Gasteiger charge is 2.33. The molecule has 4 heteroatoms. The molecule has 1 fully saturated rings. The van der Waals surface area contributed by atoms with Crippen molar-refractivity contribution in [3.8, 4) is 0 Å². The molecule has 0 spiro atoms. The van der Waals surface area contributed by atoms with Crippen LogP contribution in [0.25, 0.3) is 0 Å². The van der Waals surface area contributed by atoms with Gasteiger partial charge < -0.3 is 4.57 Å². The predicted octanol–water partition coefficient (Wildman–Crippen LogP) is 4.19. The highest BCUT2D eigenvalue weighted by molar-refractivity contribution is 5.26. The molecule has 0 aliphatic heterocycles. The van der Waals surface area contributed by atoms with Crippen molar-refractivity contribution >= 4 is 0 Å². The van der Waals surface area contributed by atoms with Crippen molar-refractivity contribution < 1.29 is 0 Å². The molecule has 0 saturated heterocycles. The first-order valence-electron chi connectivity index (χ1n) is 9.52. The van der Waals surface area contributed by atoms with Crippen molar-refractivity contribution in [2.75, 3.05) is 0 Å². The second kappa shape index (κ2) is 7.02. The maximum atomic E-state index is 4.63. The Morgan fingerprint density at radius 3 is 2.46 bits per heavy atom. The lowest BCUT2D eigenvalue weighted by atomic mass is 9.87. The van der Waals surface area contributed by atoms with Gasteiger partial charge in [-0.1, -0.05) is 36.4 Å². The standard InChI is InChI=1S/C22H26N4/c1-22(2,19-10-6-7-14-23-19)21-25-24-20(16-18-11-12-18)26(21)15-13-17-8-4-3-5-9-17/h3-10,14,18H,11-13,15-16H2,1-2H3. The minimum atomic E-state index is -0.271. The molecule has 0 amide bonds. The van der Waals surface area contributed by atoms with Gasteiger partial charge in [-0.3, -0.25) is 4.98 Å². The molecule has 4 nitrogen and oxygen atoms in total. The Morgan fingerprint density at radius 2 is 1.77 bits per heavy atom. The normalized spacial score (nSPS) is 14.5. The summed E-state index contributed by atoms with van der Waals surface area (Å²) in [4.78, 5) is 4.59. The first-order valence-corrected chi connectivity index (χ1v) is 9.52. The van der Waals surface area contributed by atoms with Crippen molar-refractivity contribution in [3.05, 3.63) is 77.6 Å². The molecule has 0 radical (unpaired) electrons. The second-order valence-electron chi connectivity index (χ2n) is 7.81. The van der Waals surface area contributed by atoms with Crippen LogP contribution >= 0.6 is 0 Å². The molecule has 134 valence electrons. The number of nitrogens with zero attached hydrogens (tertiary/aromatic N) is 4. The van der Waals surface area contributed by atoms with E-state index in [1.54, 1.807) is 0 Å². The van der Waals surface area contributed by atoms with Crippen LogP contribution in [0.1, 0.15) is 49.6 Å². The van der Waals surface area contributed by atoms with E-state index in [1.165, 1.54) is 18.4 Å². The molecule has 1 aliphatic carbocycles. The Bertz CT molecular complexity index is 848. The molecule has 26 heavy (non-hydrogen) atoms. The van der Waals surface area contributed by atoms with Crippen LogP contribution in [0.4, 0.5) is 0 Å². The van der Waals surface area contributed by atoms with Crippen molar-refractivity contribution in [3.63, 3.8) is 0 Å². The first kappa shape index (κ1) is 17.0. The molecule has 0 N–H and O–H groups in total. The lowest BCUT2D eigenvalue weighted by Gasteiger charge is -2.24. The number of hydrogen-bond donors (Lipinski definition) is 0. The fourth-order valence-electron chi connectivity index (χ4n) is 3.50. The van der Waals surface area contributed by atoms with Crippen LogP contribution in [-0.2, 0) is 24.8 Å². The van der Waals surface area contributed by atoms with Gasteiger partial charge >= 0.3 is 0 Å². The van der Waals surface area contributed by atoms with Crippen LogP contribution in [0.3, 0.4) is 0 Å². The first-order chi connectivity index (χ1) is 12.6. The van der Waals surface area contributed by atoms with Gasteiger partial charge in [0.1, 0.15) is 11.6 Å². The summed E-state index contributed by atoms with van der Waals surface area (Å²) in [6.45, 7) is 5.29. The van der Waals surface area contributed by atoms with Crippen molar-refractivity contribution in [1.82, 2.24) is 19.7 Å². The third kappa shape index (κ3) is 3.55. The van der Waals surface area contributed by atoms with E-state index in [2.05, 4.69) is 70.0 Å². The summed E-state index contributed by atoms with van der Waals surface area (Å²) in [5.41, 5.74) is 2.11. The fourth-order valence-corrected chi connectivity index (χ4v) is 3.50. The highest BCUT2D eigenvalue weighted by Crippen LogP contribution is 2.34. The average molecular weight is 346 g/mol. The van der Waals surface area contributed by atoms with Gasteiger partial charge in [0.2, 0.25) is 0 Å². The van der Waals surface area contributed by atoms with Crippen molar-refractivity contribution in [2.45, 2.75) is 51.5 Å². The van der Waals surface area contributed by atoms with Gasteiger partial charge in [0.25, 0.3) is 0 Å². The molecular formula is C22H26N4. The van der Waals surface area contributed by atoms with E-state index in [4.69, 9.17) is 0 Å². The molecule has 1 saturated carbocycles. The van der Waals surface area contributed by atoms with Crippen molar-refractivity contribution in [1.29, 1.82) is 0 Å². The zero-order valence-electron chi connectivity index (χ0n) is 15.6. The predicted molar refractivity (Wildman–Crippen MR) is 103 cm³/mol. The Labute approximate surface area is 155 Å². The third-order valence-electron chi connectivity index (χ3n) is 5.33. The van der Waals surface area contributed by atoms with Crippen LogP contribution in [0.2, 0.25) is 0 Å². The number of rotatable bonds is 7. The molecule has 1 aromatic carbocycles. The molecule has 0 bridgehead atoms. The SMILES string of the molecule is CC(C)(c1ccccn1)c1nnc(CC2CC2)n1CCc1ccccc1. The monoisotopic (exact) mass is 346 g/mol. The van der Waals surface area contributed by atoms with Gasteiger partial charge in [0, 0.05) is 19.2 Å². The van der Waals surface area contributed by atoms with E-state index < -0.39 is 0 Å². The number of benzene rings is 1. The zero-order valence-corrected chi connectivity index (χ0v) is 15.6. The van der Waals surface area contributed by atoms with E-state index in [9.17, 15) is 0 Å². The minimum Gasteiger partial charge on any atom is -0.314 e. The summed E-state index contributed by atoms with van der Waals surface area (Å²) < 4.78 is 2.35. The molecule has 1 aliphatic rings. The molecule has 4 rings (SSSR count). The van der Waals surface area contributed by atoms with Gasteiger partial charge in [-0.2, -0.15) is 0 Å². The topological polar surface area (TPSA) is 43.6 Å². The summed E-state index contributed by atoms with van der Waals surface area (Å²) in [6.07, 6.45) is 6.53. The molecule has 0 atom stereocenters. The van der Waals surface area contributed by atoms with Gasteiger partial charge in [-0.05, 0) is 56.7 Å². The third-order valence-corrected chi connectivity index (χ3v) is 5.33. The maximum absolute atomic E-state index is 4.63. The molecule has 3 aromatic rings. The van der Waals surface area contributed by atoms with E-state index >= 15 is 0 Å². The Balaban J connectivity index is 1.66. The summed E-state index contributed by atoms with van der Waals surface area (Å²) >= 11 is 0. The van der Waals surface area contributed by atoms with Crippen LogP contribution < -0.4 is 0 Å². The van der Waals surface area contributed by atoms with E-state index in [1.807, 2.05) is 18.3 Å². The summed E-state index contributed by atoms with van der Waals surface area (Å²) in [5.74, 6) is 2.94. The Kier molecular flexibility index (Phi) is 4.58. The van der Waals surface area contributed by atoms with Crippen LogP contribution in [0.15, 0.2) is 54.7 Å². The lowest BCUT2D eigenvalue weighted by molar-refractivity contribution is 0.506. The minimum absolute atomic E-state index is 0.271. The van der Waals surface area contributed by atoms with Gasteiger partial charge in [-0.25, -0.2) is 0 Å². The van der Waals surface area contributed by atoms with Crippen molar-refractivity contribution in [2.24, 2.45) is 5.92 Å². The molecule has 2 aromatic heterocycles. The second-order valence-corrected chi connectivity index (χ2v) is 7.81. The number of aryl methyl sites for hydroxylation is 1. The molecule has 2 heterocycles. The number of aromatic nitrogens is 4. The number of hydrogen-bond acceptors (Lipinski definition) is 3. The average Bonchev–Trinajstić information content (AvgIpc) is 3.39. The zero-order chi connectivity index (χ0) is 18.0. The number of pyridine rings is 1. The van der Waals surface area contributed by atoms with E-state index in [0.717, 1.165) is 42.6 Å². The molecular weight excluding hydrogens is 320 g/mol. The maximum Gasteiger partial charge on any atom is 0.144 e. The quantitative estimate of drug-likeness (QED) is 0.644. The largest absolute Gasteiger partial charge is 0.314 e. The van der Waals surface area contributed by atoms with Gasteiger partial charge in [0.15, 0.2) is 0 Å². The highest BCUT2D eigenvalue weighted by atomic mass is 15.3. The van der Waals surface area contributed by atoms with Gasteiger partial charge in [-0.15, -0.1) is 10.2 Å². The summed E-state index contributed by atoms with van der Waals surface area (Å²) in [7, 11) is 0.